The van der Waals surface area contributed by atoms with Gasteiger partial charge >= 0.3 is 0 Å². The molecule has 0 aliphatic heterocycles. The van der Waals surface area contributed by atoms with Crippen LogP contribution in [0.25, 0.3) is 42.7 Å². The molecule has 1 radical (unpaired) electrons. The molecule has 41 heavy (non-hydrogen) atoms. The third-order valence-electron chi connectivity index (χ3n) is 7.82. The first-order chi connectivity index (χ1) is 19.5. The van der Waals surface area contributed by atoms with E-state index in [0.717, 1.165) is 28.4 Å². The maximum atomic E-state index is 4.56. The zero-order valence-electron chi connectivity index (χ0n) is 23.8. The Hall–Kier alpha value is -2.95. The van der Waals surface area contributed by atoms with Crippen molar-refractivity contribution in [2.45, 2.75) is 51.2 Å². The summed E-state index contributed by atoms with van der Waals surface area (Å²) >= 11 is 1.86. The van der Waals surface area contributed by atoms with E-state index in [1.54, 1.807) is 0 Å². The molecule has 5 heteroatoms. The molecule has 0 amide bonds. The monoisotopic (exact) mass is 747 g/mol. The predicted octanol–water partition coefficient (Wildman–Crippen LogP) is 9.67. The Morgan fingerprint density at radius 3 is 2.29 bits per heavy atom. The van der Waals surface area contributed by atoms with E-state index in [1.807, 2.05) is 60.1 Å². The van der Waals surface area contributed by atoms with Crippen LogP contribution in [0.3, 0.4) is 0 Å². The summed E-state index contributed by atoms with van der Waals surface area (Å²) in [4.78, 5) is 9.07. The molecule has 209 valence electrons. The number of hydrogen-bond donors (Lipinski definition) is 0. The van der Waals surface area contributed by atoms with Gasteiger partial charge in [-0.1, -0.05) is 79.5 Å². The van der Waals surface area contributed by atoms with Gasteiger partial charge in [-0.15, -0.1) is 59.7 Å². The van der Waals surface area contributed by atoms with Gasteiger partial charge in [0.1, 0.15) is 0 Å². The Bertz CT molecular complexity index is 1720. The predicted molar refractivity (Wildman–Crippen MR) is 174 cm³/mol. The minimum absolute atomic E-state index is 0. The average Bonchev–Trinajstić information content (AvgIpc) is 3.66. The molecule has 1 aliphatic rings. The molecule has 1 saturated carbocycles. The topological polar surface area (TPSA) is 25.8 Å². The third kappa shape index (κ3) is 6.60. The van der Waals surface area contributed by atoms with E-state index < -0.39 is 8.07 Å². The van der Waals surface area contributed by atoms with Crippen molar-refractivity contribution in [1.29, 1.82) is 0 Å². The number of pyridine rings is 2. The molecule has 3 aromatic heterocycles. The second-order valence-electron chi connectivity index (χ2n) is 11.6. The van der Waals surface area contributed by atoms with Crippen molar-refractivity contribution in [2.75, 3.05) is 0 Å². The van der Waals surface area contributed by atoms with Crippen LogP contribution in [0, 0.1) is 12.1 Å². The summed E-state index contributed by atoms with van der Waals surface area (Å²) in [5.41, 5.74) is 5.61. The Labute approximate surface area is 262 Å². The second-order valence-corrected chi connectivity index (χ2v) is 17.7. The van der Waals surface area contributed by atoms with E-state index in [4.69, 9.17) is 0 Å². The molecule has 0 spiro atoms. The van der Waals surface area contributed by atoms with Gasteiger partial charge in [0, 0.05) is 37.2 Å². The fourth-order valence-corrected chi connectivity index (χ4v) is 8.04. The van der Waals surface area contributed by atoms with Crippen molar-refractivity contribution in [3.8, 4) is 22.5 Å². The van der Waals surface area contributed by atoms with E-state index in [2.05, 4.69) is 90.3 Å². The smallest absolute Gasteiger partial charge is 0.0776 e. The minimum atomic E-state index is -1.29. The van der Waals surface area contributed by atoms with Crippen LogP contribution < -0.4 is 5.19 Å². The van der Waals surface area contributed by atoms with Crippen LogP contribution in [-0.2, 0) is 20.1 Å². The van der Waals surface area contributed by atoms with Crippen LogP contribution in [0.15, 0.2) is 97.3 Å². The van der Waals surface area contributed by atoms with Crippen molar-refractivity contribution >= 4 is 44.8 Å². The van der Waals surface area contributed by atoms with Crippen molar-refractivity contribution in [2.24, 2.45) is 0 Å². The van der Waals surface area contributed by atoms with Gasteiger partial charge in [0.2, 0.25) is 0 Å². The Morgan fingerprint density at radius 1 is 0.780 bits per heavy atom. The number of hydrogen-bond acceptors (Lipinski definition) is 3. The summed E-state index contributed by atoms with van der Waals surface area (Å²) < 4.78 is 2.66. The summed E-state index contributed by atoms with van der Waals surface area (Å²) in [7, 11) is -1.29. The summed E-state index contributed by atoms with van der Waals surface area (Å²) in [6.07, 6.45) is 9.31. The summed E-state index contributed by atoms with van der Waals surface area (Å²) in [6, 6.07) is 36.2. The first-order valence-electron chi connectivity index (χ1n) is 14.2. The van der Waals surface area contributed by atoms with E-state index in [-0.39, 0.29) is 20.1 Å². The molecule has 0 bridgehead atoms. The molecular formula is C36H34IrN2SSi-2. The number of rotatable bonds is 4. The van der Waals surface area contributed by atoms with Gasteiger partial charge in [0.25, 0.3) is 0 Å². The molecule has 3 heterocycles. The van der Waals surface area contributed by atoms with Gasteiger partial charge < -0.3 is 9.97 Å². The van der Waals surface area contributed by atoms with Crippen LogP contribution in [-0.4, -0.2) is 18.0 Å². The molecule has 7 rings (SSSR count). The summed E-state index contributed by atoms with van der Waals surface area (Å²) in [5.74, 6) is 0.747. The average molecular weight is 747 g/mol. The fourth-order valence-electron chi connectivity index (χ4n) is 5.53. The van der Waals surface area contributed by atoms with E-state index in [1.165, 1.54) is 56.6 Å². The van der Waals surface area contributed by atoms with Gasteiger partial charge in [-0.3, -0.25) is 0 Å². The molecule has 6 aromatic rings. The van der Waals surface area contributed by atoms with Crippen LogP contribution in [0.2, 0.25) is 19.6 Å². The minimum Gasteiger partial charge on any atom is -0.305 e. The van der Waals surface area contributed by atoms with Crippen molar-refractivity contribution in [1.82, 2.24) is 9.97 Å². The third-order valence-corrected chi connectivity index (χ3v) is 11.0. The van der Waals surface area contributed by atoms with E-state index >= 15 is 0 Å². The van der Waals surface area contributed by atoms with Crippen molar-refractivity contribution in [3.05, 3.63) is 115 Å². The van der Waals surface area contributed by atoms with Gasteiger partial charge in [0.05, 0.1) is 8.07 Å². The van der Waals surface area contributed by atoms with Crippen molar-refractivity contribution in [3.63, 3.8) is 0 Å². The van der Waals surface area contributed by atoms with Gasteiger partial charge in [-0.25, -0.2) is 0 Å². The van der Waals surface area contributed by atoms with Gasteiger partial charge in [0.15, 0.2) is 0 Å². The second kappa shape index (κ2) is 12.9. The molecule has 2 nitrogen and oxygen atoms in total. The fraction of sp³-hybridized carbons (Fsp3) is 0.222. The Morgan fingerprint density at radius 2 is 1.61 bits per heavy atom. The summed E-state index contributed by atoms with van der Waals surface area (Å²) in [6.45, 7) is 7.19. The molecule has 1 fully saturated rings. The van der Waals surface area contributed by atoms with Crippen molar-refractivity contribution < 1.29 is 20.1 Å². The first-order valence-corrected chi connectivity index (χ1v) is 18.5. The normalized spacial score (nSPS) is 13.5. The molecule has 0 atom stereocenters. The molecule has 0 N–H and O–H groups in total. The van der Waals surface area contributed by atoms with Gasteiger partial charge in [-0.05, 0) is 57.9 Å². The number of aromatic nitrogens is 2. The molecule has 3 aromatic carbocycles. The number of benzene rings is 3. The Kier molecular flexibility index (Phi) is 9.30. The standard InChI is InChI=1S/C20H18NSSi.C16H16N.Ir/c1-23(2,3)14-10-11-15-16-7-6-8-17(18-9-4-5-12-21-18)20(16)22-19(15)13-14;1-2-8-14(9-3-1)16-11-10-15(12-17-16)13-6-4-5-7-13;/h4-7,9-13H,1-3H3;1-3,8,10-13H,4-7H2;/q2*-1;. The zero-order chi connectivity index (χ0) is 27.5. The molecule has 1 aliphatic carbocycles. The number of nitrogens with zero attached hydrogens (tertiary/aromatic N) is 2. The van der Waals surface area contributed by atoms with Gasteiger partial charge in [-0.2, -0.15) is 11.3 Å². The van der Waals surface area contributed by atoms with E-state index in [9.17, 15) is 0 Å². The van der Waals surface area contributed by atoms with Crippen LogP contribution in [0.4, 0.5) is 0 Å². The maximum absolute atomic E-state index is 4.56. The summed E-state index contributed by atoms with van der Waals surface area (Å²) in [5, 5.41) is 4.17. The first kappa shape index (κ1) is 29.5. The largest absolute Gasteiger partial charge is 0.305 e. The van der Waals surface area contributed by atoms with Crippen LogP contribution in [0.5, 0.6) is 0 Å². The quantitative estimate of drug-likeness (QED) is 0.133. The van der Waals surface area contributed by atoms with Crippen LogP contribution >= 0.6 is 11.3 Å². The number of thiophene rings is 1. The van der Waals surface area contributed by atoms with Crippen LogP contribution in [0.1, 0.15) is 37.2 Å². The maximum Gasteiger partial charge on any atom is 0.0776 e. The number of fused-ring (bicyclic) bond motifs is 3. The molecule has 0 saturated heterocycles. The zero-order valence-corrected chi connectivity index (χ0v) is 28.0. The Balaban J connectivity index is 0.000000168. The SMILES string of the molecule is C[Si](C)(C)c1ccc2c(c1)sc1c(-c3ccccn3)[c-]ccc12.[Ir].[c-]1ccccc1-c1ccc(C2CCCC2)cn1. The van der Waals surface area contributed by atoms with E-state index in [0.29, 0.717) is 0 Å². The molecule has 0 unspecified atom stereocenters. The molecular weight excluding hydrogens is 713 g/mol.